The molecule has 0 radical (unpaired) electrons. The Labute approximate surface area is 696 Å². The van der Waals surface area contributed by atoms with E-state index in [1.54, 1.807) is 21.3 Å². The molecule has 9 aliphatic rings. The molecule has 3 saturated carbocycles. The Balaban J connectivity index is 0.000000148. The number of nitrogens with one attached hydrogen (secondary N) is 2. The van der Waals surface area contributed by atoms with E-state index in [0.717, 1.165) is 153 Å². The highest BCUT2D eigenvalue weighted by molar-refractivity contribution is 9.09. The van der Waals surface area contributed by atoms with Crippen LogP contribution in [0.4, 0.5) is 4.79 Å². The van der Waals surface area contributed by atoms with E-state index in [4.69, 9.17) is 98.0 Å². The monoisotopic (exact) mass is 1750 g/mol. The average molecular weight is 1750 g/mol. The zero-order chi connectivity index (χ0) is 78.1. The minimum absolute atomic E-state index is 0.0515. The molecule has 0 bridgehead atoms. The maximum Gasteiger partial charge on any atom is 0.417 e. The average Bonchev–Trinajstić information content (AvgIpc) is 1.53. The van der Waals surface area contributed by atoms with Crippen molar-refractivity contribution in [1.29, 1.82) is 0 Å². The van der Waals surface area contributed by atoms with E-state index in [2.05, 4.69) is 106 Å². The Morgan fingerprint density at radius 3 is 1.16 bits per heavy atom. The summed E-state index contributed by atoms with van der Waals surface area (Å²) >= 11 is 44.2. The molecule has 6 aromatic carbocycles. The fraction of sp³-hybridized carbons (Fsp3) is 0.535. The van der Waals surface area contributed by atoms with Gasteiger partial charge in [0.1, 0.15) is 39.5 Å². The van der Waals surface area contributed by atoms with Crippen LogP contribution in [0.5, 0.6) is 17.2 Å². The number of methoxy groups -OCH3 is 3. The molecule has 594 valence electrons. The molecule has 6 saturated heterocycles. The number of rotatable bonds is 16. The van der Waals surface area contributed by atoms with Crippen LogP contribution in [-0.4, -0.2) is 183 Å². The molecule has 15 rings (SSSR count). The van der Waals surface area contributed by atoms with Crippen LogP contribution in [0.25, 0.3) is 0 Å². The van der Waals surface area contributed by atoms with E-state index in [9.17, 15) is 19.2 Å². The number of alkyl halides is 2. The summed E-state index contributed by atoms with van der Waals surface area (Å²) < 4.78 is 33.7. The highest BCUT2D eigenvalue weighted by atomic mass is 79.9. The second kappa shape index (κ2) is 37.8. The number of nitrogens with zero attached hydrogens (tertiary/aromatic N) is 4. The van der Waals surface area contributed by atoms with Gasteiger partial charge in [0.25, 0.3) is 5.91 Å². The number of hydrogen-bond donors (Lipinski definition) is 2. The minimum Gasteiger partial charge on any atom is -0.496 e. The molecule has 0 aromatic heterocycles. The third-order valence-corrected chi connectivity index (χ3v) is 26.8. The first-order valence-electron chi connectivity index (χ1n) is 39.0. The largest absolute Gasteiger partial charge is 0.496 e. The summed E-state index contributed by atoms with van der Waals surface area (Å²) in [5.41, 5.74) is 4.52. The number of morpholine rings is 1. The zero-order valence-electron chi connectivity index (χ0n) is 63.8. The molecule has 2 N–H and O–H groups in total. The number of ether oxygens (including phenoxy) is 6. The van der Waals surface area contributed by atoms with Crippen LogP contribution in [0, 0.1) is 17.8 Å². The van der Waals surface area contributed by atoms with Gasteiger partial charge in [0.05, 0.1) is 47.8 Å². The van der Waals surface area contributed by atoms with Crippen molar-refractivity contribution in [3.63, 3.8) is 0 Å². The molecule has 6 heterocycles. The fourth-order valence-corrected chi connectivity index (χ4v) is 21.5. The standard InChI is InChI=1S/C31H38Cl2N2O4.C26H30Cl2N2O2.C25H28Cl2N2O3.C4H8Br2O/c1-30(2,3)39-29(37)35-19-25-27(20-8-10-21(32)11-9-20)24(23-13-12-22(33)18-26(23)38-4)14-15-31(25,28(35)36)34-16-6-5-7-17-34;1-32-23-15-19(28)9-10-20(23)21-11-12-26(30-13-3-2-4-14-30)22(16-29-25(26)31)24(21)17-5-7-18(27)8-6-17;1-31-22-14-18(27)6-7-19(22)20-8-9-25(29-10-12-32-13-11-29)21(15-28-24(25)30)23(20)16-2-4-17(26)5-3-16;5-1-3-7-4-2-6/h8-13,18,24-25,27H,5-7,14-17,19H2,1-4H3;5-10,15,21-22,24H,2-4,11-14,16H2,1H3,(H,29,31);2-7,14,20-21,23H,8-13,15H2,1H3,(H,28,30);1-4H2/t24-,25-,27-,31-;21-,22-,24-,26-;20-,21-,23-,25-;/m000./s1. The normalized spacial score (nSPS) is 28.3. The van der Waals surface area contributed by atoms with Gasteiger partial charge in [0.2, 0.25) is 11.8 Å². The van der Waals surface area contributed by atoms with Crippen molar-refractivity contribution < 1.29 is 47.6 Å². The summed E-state index contributed by atoms with van der Waals surface area (Å²) in [6.07, 6.45) is 11.2. The summed E-state index contributed by atoms with van der Waals surface area (Å²) in [5.74, 6) is 3.57. The molecule has 16 nitrogen and oxygen atoms in total. The van der Waals surface area contributed by atoms with Crippen molar-refractivity contribution in [2.75, 3.05) is 117 Å². The van der Waals surface area contributed by atoms with E-state index in [-0.39, 0.29) is 71.0 Å². The third kappa shape index (κ3) is 17.9. The second-order valence-electron chi connectivity index (χ2n) is 31.4. The van der Waals surface area contributed by atoms with Gasteiger partial charge in [-0.05, 0) is 253 Å². The lowest BCUT2D eigenvalue weighted by Gasteiger charge is -2.52. The molecule has 6 aromatic rings. The van der Waals surface area contributed by atoms with Gasteiger partial charge in [-0.1, -0.05) is 169 Å². The number of carbonyl (C=O) groups excluding carboxylic acids is 4. The van der Waals surface area contributed by atoms with Crippen LogP contribution in [-0.2, 0) is 28.6 Å². The Bertz CT molecular complexity index is 3960. The van der Waals surface area contributed by atoms with Gasteiger partial charge in [-0.25, -0.2) is 9.69 Å². The molecule has 110 heavy (non-hydrogen) atoms. The predicted molar refractivity (Wildman–Crippen MR) is 447 cm³/mol. The van der Waals surface area contributed by atoms with Crippen LogP contribution >= 0.6 is 101 Å². The molecule has 6 aliphatic heterocycles. The predicted octanol–water partition coefficient (Wildman–Crippen LogP) is 19.2. The first-order chi connectivity index (χ1) is 53.0. The molecular formula is C86H104Br2Cl6N6O10. The van der Waals surface area contributed by atoms with E-state index in [1.807, 2.05) is 99.6 Å². The third-order valence-electron chi connectivity index (χ3n) is 24.7. The summed E-state index contributed by atoms with van der Waals surface area (Å²) in [6, 6.07) is 41.9. The van der Waals surface area contributed by atoms with Crippen molar-refractivity contribution in [3.8, 4) is 17.2 Å². The van der Waals surface area contributed by atoms with Crippen LogP contribution in [0.15, 0.2) is 127 Å². The van der Waals surface area contributed by atoms with Crippen molar-refractivity contribution in [2.45, 2.75) is 156 Å². The highest BCUT2D eigenvalue weighted by Gasteiger charge is 2.66. The van der Waals surface area contributed by atoms with Gasteiger partial charge >= 0.3 is 6.09 Å². The molecule has 4 amide bonds. The maximum atomic E-state index is 14.5. The number of piperidine rings is 2. The first-order valence-corrected chi connectivity index (χ1v) is 43.5. The summed E-state index contributed by atoms with van der Waals surface area (Å²) in [5, 5.41) is 12.4. The summed E-state index contributed by atoms with van der Waals surface area (Å²) in [7, 11) is 5.05. The van der Waals surface area contributed by atoms with Crippen molar-refractivity contribution >= 4 is 125 Å². The summed E-state index contributed by atoms with van der Waals surface area (Å²) in [4.78, 5) is 63.4. The Morgan fingerprint density at radius 2 is 0.809 bits per heavy atom. The number of likely N-dealkylation sites (tertiary alicyclic amines) is 3. The van der Waals surface area contributed by atoms with Crippen LogP contribution < -0.4 is 24.8 Å². The lowest BCUT2D eigenvalue weighted by molar-refractivity contribution is -0.142. The van der Waals surface area contributed by atoms with Gasteiger partial charge in [0.15, 0.2) is 0 Å². The Morgan fingerprint density at radius 1 is 0.473 bits per heavy atom. The first kappa shape index (κ1) is 84.5. The van der Waals surface area contributed by atoms with Gasteiger partial charge < -0.3 is 39.1 Å². The maximum absolute atomic E-state index is 14.5. The molecule has 3 aliphatic carbocycles. The topological polar surface area (TPSA) is 161 Å². The van der Waals surface area contributed by atoms with E-state index in [1.165, 1.54) is 40.9 Å². The van der Waals surface area contributed by atoms with Gasteiger partial charge in [-0.3, -0.25) is 29.1 Å². The van der Waals surface area contributed by atoms with Crippen LogP contribution in [0.1, 0.15) is 167 Å². The van der Waals surface area contributed by atoms with Crippen LogP contribution in [0.2, 0.25) is 30.1 Å². The number of hydrogen-bond acceptors (Lipinski definition) is 13. The number of carbonyl (C=O) groups is 4. The molecule has 0 spiro atoms. The van der Waals surface area contributed by atoms with E-state index >= 15 is 0 Å². The van der Waals surface area contributed by atoms with Crippen LogP contribution in [0.3, 0.4) is 0 Å². The second-order valence-corrected chi connectivity index (χ2v) is 35.6. The van der Waals surface area contributed by atoms with Gasteiger partial charge in [-0.2, -0.15) is 0 Å². The minimum atomic E-state index is -0.766. The number of benzene rings is 6. The summed E-state index contributed by atoms with van der Waals surface area (Å²) in [6.45, 7) is 15.4. The molecule has 24 heteroatoms. The lowest BCUT2D eigenvalue weighted by atomic mass is 9.59. The smallest absolute Gasteiger partial charge is 0.417 e. The molecule has 12 atom stereocenters. The SMILES string of the molecule is BrCCOCCBr.COc1cc(Cl)ccc1[C@@H]1CC[C@@]2(N3CCCCC3)C(=O)N(C(=O)OC(C)(C)C)C[C@H]2[C@H]1c1ccc(Cl)cc1.COc1cc(Cl)ccc1[C@@H]1CC[C@@]2(N3CCCCC3)C(=O)NC[C@H]2[C@H]1c1ccc(Cl)cc1.COc1cc(Cl)ccc1[C@@H]1CC[C@@]2(N3CCOCC3)C(=O)NC[C@H]2[C@H]1c1ccc(Cl)cc1. The fourth-order valence-electron chi connectivity index (χ4n) is 20.2. The van der Waals surface area contributed by atoms with Gasteiger partial charge in [-0.15, -0.1) is 0 Å². The number of fused-ring (bicyclic) bond motifs is 3. The number of halogens is 8. The van der Waals surface area contributed by atoms with Crippen molar-refractivity contribution in [1.82, 2.24) is 30.2 Å². The quantitative estimate of drug-likeness (QED) is 0.0697. The Hall–Kier alpha value is -4.90. The number of amides is 4. The van der Waals surface area contributed by atoms with Gasteiger partial charge in [0, 0.05) is 91.3 Å². The highest BCUT2D eigenvalue weighted by Crippen LogP contribution is 2.61. The number of imide groups is 1. The van der Waals surface area contributed by atoms with Crippen molar-refractivity contribution in [3.05, 3.63) is 191 Å². The van der Waals surface area contributed by atoms with E-state index in [0.29, 0.717) is 64.4 Å². The molecule has 0 unspecified atom stereocenters. The lowest BCUT2D eigenvalue weighted by Crippen LogP contribution is -2.63. The zero-order valence-corrected chi connectivity index (χ0v) is 71.5. The Kier molecular flexibility index (Phi) is 29.0. The van der Waals surface area contributed by atoms with E-state index < -0.39 is 28.3 Å². The molecular weight excluding hydrogens is 1650 g/mol. The van der Waals surface area contributed by atoms with Crippen molar-refractivity contribution in [2.24, 2.45) is 17.8 Å². The molecule has 9 fully saturated rings.